The summed E-state index contributed by atoms with van der Waals surface area (Å²) in [5.74, 6) is -0.879. The van der Waals surface area contributed by atoms with Gasteiger partial charge in [-0.2, -0.15) is 0 Å². The van der Waals surface area contributed by atoms with Crippen LogP contribution >= 0.6 is 0 Å². The smallest absolute Gasteiger partial charge is 0.269 e. The van der Waals surface area contributed by atoms with E-state index in [-0.39, 0.29) is 49.7 Å². The van der Waals surface area contributed by atoms with E-state index >= 15 is 0 Å². The van der Waals surface area contributed by atoms with Crippen molar-refractivity contribution in [2.24, 2.45) is 5.92 Å². The first-order chi connectivity index (χ1) is 23.8. The molecule has 4 aliphatic rings. The van der Waals surface area contributed by atoms with Crippen molar-refractivity contribution >= 4 is 48.8 Å². The van der Waals surface area contributed by atoms with E-state index in [4.69, 9.17) is 9.47 Å². The van der Waals surface area contributed by atoms with Crippen molar-refractivity contribution < 1.29 is 38.7 Å². The van der Waals surface area contributed by atoms with Gasteiger partial charge in [-0.25, -0.2) is 0 Å². The fourth-order valence-electron chi connectivity index (χ4n) is 8.50. The lowest BCUT2D eigenvalue weighted by molar-refractivity contribution is -0.385. The monoisotopic (exact) mass is 700 g/mol. The molecule has 0 radical (unpaired) electrons. The molecule has 262 valence electrons. The third-order valence-corrected chi connectivity index (χ3v) is 13.2. The fraction of sp³-hybridized carbons (Fsp3) is 0.417. The zero-order valence-corrected chi connectivity index (χ0v) is 29.2. The van der Waals surface area contributed by atoms with Gasteiger partial charge in [-0.05, 0) is 61.8 Å². The van der Waals surface area contributed by atoms with Crippen molar-refractivity contribution in [3.05, 3.63) is 88.0 Å². The largest absolute Gasteiger partial charge is 0.482 e. The summed E-state index contributed by atoms with van der Waals surface area (Å²) in [6.45, 7) is 5.71. The van der Waals surface area contributed by atoms with Crippen molar-refractivity contribution in [1.29, 1.82) is 0 Å². The number of hydrogen-bond donors (Lipinski definition) is 2. The first-order valence-corrected chi connectivity index (χ1v) is 19.9. The third kappa shape index (κ3) is 5.46. The fourth-order valence-corrected chi connectivity index (χ4v) is 11.1. The lowest BCUT2D eigenvalue weighted by Crippen LogP contribution is -2.46. The average Bonchev–Trinajstić information content (AvgIpc) is 3.75. The van der Waals surface area contributed by atoms with Gasteiger partial charge in [-0.3, -0.25) is 29.4 Å². The van der Waals surface area contributed by atoms with E-state index in [0.29, 0.717) is 41.3 Å². The number of anilines is 3. The number of aliphatic hydroxyl groups excluding tert-OH is 1. The summed E-state index contributed by atoms with van der Waals surface area (Å²) in [5.41, 5.74) is 0.377. The molecule has 7 rings (SSSR count). The molecule has 50 heavy (non-hydrogen) atoms. The molecule has 3 aromatic carbocycles. The van der Waals surface area contributed by atoms with Crippen LogP contribution in [0, 0.1) is 16.0 Å². The Balaban J connectivity index is 1.23. The Labute approximate surface area is 290 Å². The Morgan fingerprint density at radius 3 is 2.52 bits per heavy atom. The minimum atomic E-state index is -3.10. The maximum absolute atomic E-state index is 14.8. The summed E-state index contributed by atoms with van der Waals surface area (Å²) in [7, 11) is -3.10. The minimum Gasteiger partial charge on any atom is -0.482 e. The number of carbonyl (C=O) groups excluding carboxylic acids is 3. The summed E-state index contributed by atoms with van der Waals surface area (Å²) in [4.78, 5) is 69.1. The molecular weight excluding hydrogens is 661 g/mol. The maximum Gasteiger partial charge on any atom is 0.269 e. The summed E-state index contributed by atoms with van der Waals surface area (Å²) >= 11 is 0. The number of para-hydroxylation sites is 2. The van der Waals surface area contributed by atoms with Crippen LogP contribution in [0.2, 0.25) is 18.6 Å². The summed E-state index contributed by atoms with van der Waals surface area (Å²) in [5, 5.41) is 21.8. The number of rotatable bonds is 8. The van der Waals surface area contributed by atoms with E-state index in [1.807, 2.05) is 37.3 Å². The molecule has 4 aliphatic heterocycles. The van der Waals surface area contributed by atoms with Crippen molar-refractivity contribution in [1.82, 2.24) is 4.90 Å². The quantitative estimate of drug-likeness (QED) is 0.197. The molecule has 13 nitrogen and oxygen atoms in total. The molecule has 0 saturated carbocycles. The van der Waals surface area contributed by atoms with Crippen LogP contribution in [0.1, 0.15) is 37.3 Å². The van der Waals surface area contributed by atoms with Gasteiger partial charge in [0.05, 0.1) is 48.0 Å². The second kappa shape index (κ2) is 12.6. The first kappa shape index (κ1) is 33.8. The highest BCUT2D eigenvalue weighted by atomic mass is 28.4. The molecule has 0 aromatic heterocycles. The lowest BCUT2D eigenvalue weighted by atomic mass is 9.82. The topological polar surface area (TPSA) is 163 Å². The van der Waals surface area contributed by atoms with Crippen molar-refractivity contribution in [3.8, 4) is 5.75 Å². The second-order valence-electron chi connectivity index (χ2n) is 14.1. The zero-order chi connectivity index (χ0) is 35.5. The summed E-state index contributed by atoms with van der Waals surface area (Å²) in [6.07, 6.45) is 0.549. The molecule has 2 saturated heterocycles. The van der Waals surface area contributed by atoms with Crippen molar-refractivity contribution in [2.45, 2.75) is 69.1 Å². The Morgan fingerprint density at radius 1 is 1.08 bits per heavy atom. The Hall–Kier alpha value is -4.63. The third-order valence-electron chi connectivity index (χ3n) is 10.7. The van der Waals surface area contributed by atoms with Gasteiger partial charge in [-0.1, -0.05) is 31.2 Å². The second-order valence-corrected chi connectivity index (χ2v) is 18.1. The number of non-ortho nitro benzene ring substituents is 1. The maximum atomic E-state index is 14.8. The normalized spacial score (nSPS) is 26.0. The highest BCUT2D eigenvalue weighted by Crippen LogP contribution is 2.60. The van der Waals surface area contributed by atoms with E-state index in [1.54, 1.807) is 52.1 Å². The van der Waals surface area contributed by atoms with Crippen LogP contribution in [0.3, 0.4) is 0 Å². The van der Waals surface area contributed by atoms with Gasteiger partial charge in [0.1, 0.15) is 5.75 Å². The van der Waals surface area contributed by atoms with Gasteiger partial charge in [0.15, 0.2) is 20.5 Å². The van der Waals surface area contributed by atoms with Crippen LogP contribution in [-0.2, 0) is 31.3 Å². The molecule has 3 amide bonds. The number of carbonyl (C=O) groups is 3. The number of hydrogen-bond acceptors (Lipinski definition) is 9. The minimum absolute atomic E-state index is 0.0906. The number of aliphatic hydroxyl groups is 1. The molecular formula is C36H40N4O9Si. The molecule has 1 spiro atoms. The Morgan fingerprint density at radius 2 is 1.82 bits per heavy atom. The standard InChI is InChI=1S/C36H40N4O9Si/c1-22-34(50(2,3)47)31(18-32(42)37-16-6-7-26(37)20-41)49-36(22)27-17-25(40(45)46)14-15-28(27)38(35(36)44)19-23-10-12-24(13-11-23)39-29-8-4-5-9-30(29)48-21-33(39)43/h4-5,8-15,17,22,26,31,34,41,47H,6-7,16,18-21H2,1-3H3/t22-,26+,31+,34-,36+/m1/s1. The number of benzene rings is 3. The molecule has 0 bridgehead atoms. The first-order valence-electron chi connectivity index (χ1n) is 16.9. The van der Waals surface area contributed by atoms with Gasteiger partial charge >= 0.3 is 0 Å². The molecule has 14 heteroatoms. The van der Waals surface area contributed by atoms with Crippen LogP contribution in [0.5, 0.6) is 5.75 Å². The molecule has 0 unspecified atom stereocenters. The van der Waals surface area contributed by atoms with Crippen LogP contribution in [0.15, 0.2) is 66.7 Å². The van der Waals surface area contributed by atoms with Gasteiger partial charge in [0.25, 0.3) is 17.5 Å². The summed E-state index contributed by atoms with van der Waals surface area (Å²) < 4.78 is 12.3. The molecule has 2 N–H and O–H groups in total. The van der Waals surface area contributed by atoms with E-state index in [2.05, 4.69) is 0 Å². The van der Waals surface area contributed by atoms with Gasteiger partial charge in [0.2, 0.25) is 5.91 Å². The number of likely N-dealkylation sites (tertiary alicyclic amines) is 1. The van der Waals surface area contributed by atoms with Crippen molar-refractivity contribution in [3.63, 3.8) is 0 Å². The molecule has 2 fully saturated rings. The number of ether oxygens (including phenoxy) is 2. The van der Waals surface area contributed by atoms with E-state index in [0.717, 1.165) is 12.0 Å². The van der Waals surface area contributed by atoms with Gasteiger partial charge < -0.3 is 29.2 Å². The number of amides is 3. The SMILES string of the molecule is C[C@@H]1[C@@H]([Si](C)(C)O)[C@H](CC(=O)N2CCC[C@H]2CO)O[C@@]12C(=O)N(Cc1ccc(N3C(=O)COc4ccccc43)cc1)c1ccc([N+](=O)[O-])cc12. The number of nitrogens with zero attached hydrogens (tertiary/aromatic N) is 4. The van der Waals surface area contributed by atoms with Crippen LogP contribution in [-0.4, -0.2) is 77.7 Å². The molecule has 4 heterocycles. The van der Waals surface area contributed by atoms with Crippen molar-refractivity contribution in [2.75, 3.05) is 29.6 Å². The number of fused-ring (bicyclic) bond motifs is 3. The van der Waals surface area contributed by atoms with E-state index in [1.165, 1.54) is 12.1 Å². The predicted octanol–water partition coefficient (Wildman–Crippen LogP) is 4.37. The average molecular weight is 701 g/mol. The lowest BCUT2D eigenvalue weighted by Gasteiger charge is -2.32. The highest BCUT2D eigenvalue weighted by Gasteiger charge is 2.66. The highest BCUT2D eigenvalue weighted by molar-refractivity contribution is 6.71. The van der Waals surface area contributed by atoms with E-state index in [9.17, 15) is 34.4 Å². The molecule has 3 aromatic rings. The molecule has 5 atom stereocenters. The summed E-state index contributed by atoms with van der Waals surface area (Å²) in [6, 6.07) is 18.5. The van der Waals surface area contributed by atoms with Crippen LogP contribution in [0.4, 0.5) is 22.7 Å². The number of nitro groups is 1. The Kier molecular flexibility index (Phi) is 8.53. The Bertz CT molecular complexity index is 1860. The zero-order valence-electron chi connectivity index (χ0n) is 28.2. The number of nitro benzene ring substituents is 1. The van der Waals surface area contributed by atoms with Gasteiger partial charge in [-0.15, -0.1) is 0 Å². The van der Waals surface area contributed by atoms with Gasteiger partial charge in [0, 0.05) is 41.4 Å². The predicted molar refractivity (Wildman–Crippen MR) is 185 cm³/mol. The van der Waals surface area contributed by atoms with Crippen LogP contribution in [0.25, 0.3) is 0 Å². The van der Waals surface area contributed by atoms with Crippen LogP contribution < -0.4 is 14.5 Å². The van der Waals surface area contributed by atoms with E-state index < -0.39 is 42.3 Å². The molecule has 0 aliphatic carbocycles.